The number of aryl methyl sites for hydroxylation is 1. The van der Waals surface area contributed by atoms with Gasteiger partial charge in [0, 0.05) is 37.0 Å². The fourth-order valence-electron chi connectivity index (χ4n) is 2.63. The maximum Gasteiger partial charge on any atom is 0.332 e. The Morgan fingerprint density at radius 1 is 1.19 bits per heavy atom. The predicted octanol–water partition coefficient (Wildman–Crippen LogP) is 2.48. The molecule has 0 fully saturated rings. The van der Waals surface area contributed by atoms with Crippen LogP contribution in [-0.4, -0.2) is 38.1 Å². The minimum Gasteiger partial charge on any atom is -0.381 e. The maximum atomic E-state index is 12.7. The van der Waals surface area contributed by atoms with Crippen LogP contribution in [0.4, 0.5) is 0 Å². The van der Waals surface area contributed by atoms with E-state index in [0.717, 1.165) is 4.57 Å². The molecule has 1 aromatic carbocycles. The molecule has 142 valence electrons. The molecule has 0 atom stereocenters. The first-order chi connectivity index (χ1) is 12.9. The fraction of sp³-hybridized carbons (Fsp3) is 0.333. The SMILES string of the molecule is CCOCCSc1nc(-c2cccc(Cl)c2)nc2c1c(=O)n(C)c(=O)n2C. The molecule has 7 nitrogen and oxygen atoms in total. The highest BCUT2D eigenvalue weighted by molar-refractivity contribution is 7.99. The van der Waals surface area contributed by atoms with Gasteiger partial charge in [-0.25, -0.2) is 14.8 Å². The van der Waals surface area contributed by atoms with E-state index in [1.54, 1.807) is 25.2 Å². The molecule has 3 aromatic rings. The van der Waals surface area contributed by atoms with Crippen LogP contribution in [0.1, 0.15) is 6.92 Å². The Morgan fingerprint density at radius 2 is 1.96 bits per heavy atom. The van der Waals surface area contributed by atoms with Gasteiger partial charge in [0.1, 0.15) is 10.4 Å². The first kappa shape index (κ1) is 19.6. The summed E-state index contributed by atoms with van der Waals surface area (Å²) in [6.07, 6.45) is 0. The van der Waals surface area contributed by atoms with Gasteiger partial charge in [-0.3, -0.25) is 13.9 Å². The fourth-order valence-corrected chi connectivity index (χ4v) is 3.69. The highest BCUT2D eigenvalue weighted by Gasteiger charge is 2.18. The van der Waals surface area contributed by atoms with Crippen LogP contribution in [0.25, 0.3) is 22.4 Å². The highest BCUT2D eigenvalue weighted by Crippen LogP contribution is 2.27. The Kier molecular flexibility index (Phi) is 5.98. The number of benzene rings is 1. The zero-order valence-electron chi connectivity index (χ0n) is 15.2. The lowest BCUT2D eigenvalue weighted by Gasteiger charge is -2.12. The van der Waals surface area contributed by atoms with Crippen molar-refractivity contribution in [1.82, 2.24) is 19.1 Å². The molecule has 0 spiro atoms. The molecule has 0 unspecified atom stereocenters. The van der Waals surface area contributed by atoms with Crippen LogP contribution in [0.3, 0.4) is 0 Å². The van der Waals surface area contributed by atoms with E-state index in [2.05, 4.69) is 9.97 Å². The molecule has 0 saturated heterocycles. The normalized spacial score (nSPS) is 11.3. The Hall–Kier alpha value is -2.16. The molecule has 3 rings (SSSR count). The van der Waals surface area contributed by atoms with E-state index in [-0.39, 0.29) is 0 Å². The van der Waals surface area contributed by atoms with E-state index in [9.17, 15) is 9.59 Å². The van der Waals surface area contributed by atoms with E-state index in [1.165, 1.54) is 23.4 Å². The molecule has 0 aliphatic rings. The van der Waals surface area contributed by atoms with Gasteiger partial charge in [0.15, 0.2) is 11.5 Å². The average molecular weight is 407 g/mol. The van der Waals surface area contributed by atoms with Crippen LogP contribution in [0.2, 0.25) is 5.02 Å². The van der Waals surface area contributed by atoms with E-state index < -0.39 is 11.2 Å². The molecule has 0 aliphatic heterocycles. The molecular weight excluding hydrogens is 388 g/mol. The van der Waals surface area contributed by atoms with Crippen LogP contribution in [0.15, 0.2) is 38.9 Å². The van der Waals surface area contributed by atoms with Crippen molar-refractivity contribution in [2.24, 2.45) is 14.1 Å². The maximum absolute atomic E-state index is 12.7. The standard InChI is InChI=1S/C18H19ClN4O3S/c1-4-26-8-9-27-16-13-15(22(2)18(25)23(3)17(13)24)20-14(21-16)11-6-5-7-12(19)10-11/h5-7,10H,4,8-9H2,1-3H3. The second kappa shape index (κ2) is 8.24. The smallest absolute Gasteiger partial charge is 0.332 e. The van der Waals surface area contributed by atoms with Crippen molar-refractivity contribution in [2.45, 2.75) is 11.9 Å². The lowest BCUT2D eigenvalue weighted by atomic mass is 10.2. The third-order valence-corrected chi connectivity index (χ3v) is 5.19. The lowest BCUT2D eigenvalue weighted by Crippen LogP contribution is -2.37. The third kappa shape index (κ3) is 3.92. The molecule has 2 aromatic heterocycles. The topological polar surface area (TPSA) is 79.0 Å². The molecule has 27 heavy (non-hydrogen) atoms. The van der Waals surface area contributed by atoms with Crippen LogP contribution in [-0.2, 0) is 18.8 Å². The summed E-state index contributed by atoms with van der Waals surface area (Å²) in [5, 5.41) is 1.40. The second-order valence-corrected chi connectivity index (χ2v) is 7.33. The molecule has 0 saturated carbocycles. The largest absolute Gasteiger partial charge is 0.381 e. The zero-order chi connectivity index (χ0) is 19.6. The Bertz CT molecular complexity index is 1110. The van der Waals surface area contributed by atoms with Gasteiger partial charge in [0.2, 0.25) is 0 Å². The van der Waals surface area contributed by atoms with E-state index in [1.807, 2.05) is 13.0 Å². The first-order valence-electron chi connectivity index (χ1n) is 8.38. The van der Waals surface area contributed by atoms with Crippen molar-refractivity contribution in [1.29, 1.82) is 0 Å². The third-order valence-electron chi connectivity index (χ3n) is 4.02. The highest BCUT2D eigenvalue weighted by atomic mass is 35.5. The number of thioether (sulfide) groups is 1. The van der Waals surface area contributed by atoms with Crippen molar-refractivity contribution in [2.75, 3.05) is 19.0 Å². The van der Waals surface area contributed by atoms with Gasteiger partial charge in [0.05, 0.1) is 6.61 Å². The van der Waals surface area contributed by atoms with E-state index >= 15 is 0 Å². The van der Waals surface area contributed by atoms with Gasteiger partial charge in [-0.1, -0.05) is 23.7 Å². The van der Waals surface area contributed by atoms with Crippen molar-refractivity contribution in [3.8, 4) is 11.4 Å². The Labute approximate surface area is 165 Å². The number of nitrogens with zero attached hydrogens (tertiary/aromatic N) is 4. The number of fused-ring (bicyclic) bond motifs is 1. The summed E-state index contributed by atoms with van der Waals surface area (Å²) in [4.78, 5) is 34.1. The quantitative estimate of drug-likeness (QED) is 0.355. The summed E-state index contributed by atoms with van der Waals surface area (Å²) in [6.45, 7) is 3.08. The molecule has 0 bridgehead atoms. The van der Waals surface area contributed by atoms with E-state index in [0.29, 0.717) is 51.4 Å². The number of hydrogen-bond acceptors (Lipinski definition) is 6. The Balaban J connectivity index is 2.25. The molecule has 0 N–H and O–H groups in total. The molecule has 2 heterocycles. The molecule has 0 amide bonds. The summed E-state index contributed by atoms with van der Waals surface area (Å²) in [6, 6.07) is 7.14. The van der Waals surface area contributed by atoms with Crippen molar-refractivity contribution < 1.29 is 4.74 Å². The predicted molar refractivity (Wildman–Crippen MR) is 108 cm³/mol. The van der Waals surface area contributed by atoms with Crippen LogP contribution in [0, 0.1) is 0 Å². The summed E-state index contributed by atoms with van der Waals surface area (Å²) < 4.78 is 7.80. The molecule has 0 radical (unpaired) electrons. The summed E-state index contributed by atoms with van der Waals surface area (Å²) in [5.74, 6) is 1.04. The second-order valence-electron chi connectivity index (χ2n) is 5.81. The number of rotatable bonds is 6. The average Bonchev–Trinajstić information content (AvgIpc) is 2.67. The molecule has 0 aliphatic carbocycles. The number of hydrogen-bond donors (Lipinski definition) is 0. The summed E-state index contributed by atoms with van der Waals surface area (Å²) in [5.41, 5.74) is 0.161. The van der Waals surface area contributed by atoms with Gasteiger partial charge >= 0.3 is 5.69 Å². The van der Waals surface area contributed by atoms with Gasteiger partial charge in [-0.2, -0.15) is 0 Å². The summed E-state index contributed by atoms with van der Waals surface area (Å²) in [7, 11) is 3.04. The molecule has 9 heteroatoms. The minimum absolute atomic E-state index is 0.298. The van der Waals surface area contributed by atoms with Crippen LogP contribution >= 0.6 is 23.4 Å². The van der Waals surface area contributed by atoms with Crippen molar-refractivity contribution >= 4 is 34.4 Å². The van der Waals surface area contributed by atoms with Crippen molar-refractivity contribution in [3.63, 3.8) is 0 Å². The van der Waals surface area contributed by atoms with Gasteiger partial charge in [-0.05, 0) is 19.1 Å². The monoisotopic (exact) mass is 406 g/mol. The Morgan fingerprint density at radius 3 is 2.67 bits per heavy atom. The first-order valence-corrected chi connectivity index (χ1v) is 9.74. The van der Waals surface area contributed by atoms with Crippen LogP contribution < -0.4 is 11.2 Å². The van der Waals surface area contributed by atoms with Crippen LogP contribution in [0.5, 0.6) is 0 Å². The molecular formula is C18H19ClN4O3S. The zero-order valence-corrected chi connectivity index (χ0v) is 16.8. The van der Waals surface area contributed by atoms with E-state index in [4.69, 9.17) is 16.3 Å². The number of aromatic nitrogens is 4. The van der Waals surface area contributed by atoms with Crippen molar-refractivity contribution in [3.05, 3.63) is 50.1 Å². The van der Waals surface area contributed by atoms with Gasteiger partial charge < -0.3 is 4.74 Å². The summed E-state index contributed by atoms with van der Waals surface area (Å²) >= 11 is 7.49. The van der Waals surface area contributed by atoms with Gasteiger partial charge in [0.25, 0.3) is 5.56 Å². The minimum atomic E-state index is -0.437. The number of halogens is 1. The van der Waals surface area contributed by atoms with Gasteiger partial charge in [-0.15, -0.1) is 11.8 Å². The lowest BCUT2D eigenvalue weighted by molar-refractivity contribution is 0.164. The number of ether oxygens (including phenoxy) is 1.